The first kappa shape index (κ1) is 21.6. The summed E-state index contributed by atoms with van der Waals surface area (Å²) in [5, 5.41) is 4.88. The molecule has 6 nitrogen and oxygen atoms in total. The van der Waals surface area contributed by atoms with E-state index in [1.165, 1.54) is 4.31 Å². The van der Waals surface area contributed by atoms with Gasteiger partial charge < -0.3 is 10.6 Å². The molecular weight excluding hydrogens is 338 g/mol. The first-order valence-corrected chi connectivity index (χ1v) is 10.3. The number of amides is 1. The van der Waals surface area contributed by atoms with Crippen LogP contribution in [0.5, 0.6) is 0 Å². The first-order valence-electron chi connectivity index (χ1n) is 8.88. The summed E-state index contributed by atoms with van der Waals surface area (Å²) >= 11 is 0. The minimum Gasteiger partial charge on any atom is -0.349 e. The fraction of sp³-hybridized carbons (Fsp3) is 0.611. The normalized spacial score (nSPS) is 14.6. The van der Waals surface area contributed by atoms with Crippen molar-refractivity contribution in [2.45, 2.75) is 64.6 Å². The van der Waals surface area contributed by atoms with Gasteiger partial charge in [-0.2, -0.15) is 4.31 Å². The third kappa shape index (κ3) is 5.80. The van der Waals surface area contributed by atoms with Crippen molar-refractivity contribution in [3.05, 3.63) is 29.8 Å². The molecule has 0 bridgehead atoms. The van der Waals surface area contributed by atoms with E-state index in [1.807, 2.05) is 59.0 Å². The summed E-state index contributed by atoms with van der Waals surface area (Å²) in [6.07, 6.45) is 0. The topological polar surface area (TPSA) is 83.1 Å². The average Bonchev–Trinajstić information content (AvgIpc) is 2.55. The predicted molar refractivity (Wildman–Crippen MR) is 99.6 cm³/mol. The molecule has 7 heteroatoms. The van der Waals surface area contributed by atoms with Gasteiger partial charge in [0.05, 0.1) is 4.90 Å². The van der Waals surface area contributed by atoms with Crippen molar-refractivity contribution in [1.82, 2.24) is 9.62 Å². The van der Waals surface area contributed by atoms with Crippen LogP contribution in [-0.2, 0) is 14.8 Å². The van der Waals surface area contributed by atoms with Gasteiger partial charge in [0.25, 0.3) is 5.91 Å². The maximum absolute atomic E-state index is 12.5. The standard InChI is InChI=1S/C18H31N3O3S/c1-7-21(8-2)25(23,24)17-11-9-16(10-12-17)14(5)20-15(6)18(22)19-13(3)4/h9-15,20H,7-8H2,1-6H3,(H,19,22)/p+1/t14-,15-/m0/s1. The zero-order valence-electron chi connectivity index (χ0n) is 16.1. The Morgan fingerprint density at radius 2 is 1.60 bits per heavy atom. The van der Waals surface area contributed by atoms with E-state index in [1.54, 1.807) is 12.1 Å². The highest BCUT2D eigenvalue weighted by Crippen LogP contribution is 2.18. The molecule has 1 amide bonds. The molecular formula is C18H32N3O3S+. The molecule has 0 radical (unpaired) electrons. The number of hydrogen-bond donors (Lipinski definition) is 2. The second-order valence-electron chi connectivity index (χ2n) is 6.59. The number of nitrogens with one attached hydrogen (secondary N) is 1. The molecule has 3 N–H and O–H groups in total. The van der Waals surface area contributed by atoms with Gasteiger partial charge in [-0.3, -0.25) is 4.79 Å². The number of carbonyl (C=O) groups is 1. The molecule has 0 saturated heterocycles. The van der Waals surface area contributed by atoms with Crippen LogP contribution in [0.25, 0.3) is 0 Å². The zero-order chi connectivity index (χ0) is 19.2. The van der Waals surface area contributed by atoms with Crippen LogP contribution in [0.3, 0.4) is 0 Å². The Labute approximate surface area is 152 Å². The molecule has 25 heavy (non-hydrogen) atoms. The van der Waals surface area contributed by atoms with Crippen LogP contribution in [-0.4, -0.2) is 43.8 Å². The monoisotopic (exact) mass is 370 g/mol. The average molecular weight is 371 g/mol. The Morgan fingerprint density at radius 3 is 2.04 bits per heavy atom. The van der Waals surface area contributed by atoms with Gasteiger partial charge in [0.15, 0.2) is 6.04 Å². The van der Waals surface area contributed by atoms with Crippen LogP contribution in [0.2, 0.25) is 0 Å². The van der Waals surface area contributed by atoms with Crippen molar-refractivity contribution < 1.29 is 18.5 Å². The number of carbonyl (C=O) groups excluding carboxylic acids is 1. The summed E-state index contributed by atoms with van der Waals surface area (Å²) < 4.78 is 26.5. The van der Waals surface area contributed by atoms with Crippen LogP contribution < -0.4 is 10.6 Å². The minimum atomic E-state index is -3.43. The highest BCUT2D eigenvalue weighted by Gasteiger charge is 2.23. The minimum absolute atomic E-state index is 0.00239. The van der Waals surface area contributed by atoms with Crippen molar-refractivity contribution in [2.75, 3.05) is 13.1 Å². The zero-order valence-corrected chi connectivity index (χ0v) is 16.9. The molecule has 0 fully saturated rings. The van der Waals surface area contributed by atoms with Crippen molar-refractivity contribution in [3.63, 3.8) is 0 Å². The molecule has 0 saturated carbocycles. The number of rotatable bonds is 9. The van der Waals surface area contributed by atoms with E-state index in [4.69, 9.17) is 0 Å². The smallest absolute Gasteiger partial charge is 0.278 e. The van der Waals surface area contributed by atoms with Crippen molar-refractivity contribution in [1.29, 1.82) is 0 Å². The highest BCUT2D eigenvalue weighted by atomic mass is 32.2. The highest BCUT2D eigenvalue weighted by molar-refractivity contribution is 7.89. The number of hydrogen-bond acceptors (Lipinski definition) is 3. The largest absolute Gasteiger partial charge is 0.349 e. The van der Waals surface area contributed by atoms with Crippen LogP contribution in [0.4, 0.5) is 0 Å². The van der Waals surface area contributed by atoms with Gasteiger partial charge >= 0.3 is 0 Å². The third-order valence-electron chi connectivity index (χ3n) is 4.17. The maximum atomic E-state index is 12.5. The van der Waals surface area contributed by atoms with Gasteiger partial charge in [0.1, 0.15) is 6.04 Å². The van der Waals surface area contributed by atoms with E-state index < -0.39 is 10.0 Å². The molecule has 0 unspecified atom stereocenters. The fourth-order valence-electron chi connectivity index (χ4n) is 2.70. The molecule has 0 spiro atoms. The van der Waals surface area contributed by atoms with Crippen LogP contribution in [0, 0.1) is 0 Å². The Morgan fingerprint density at radius 1 is 1.08 bits per heavy atom. The number of benzene rings is 1. The van der Waals surface area contributed by atoms with E-state index >= 15 is 0 Å². The van der Waals surface area contributed by atoms with Crippen molar-refractivity contribution in [3.8, 4) is 0 Å². The molecule has 1 aromatic carbocycles. The Balaban J connectivity index is 2.84. The Kier molecular flexibility index (Phi) is 8.05. The van der Waals surface area contributed by atoms with Crippen LogP contribution in [0.15, 0.2) is 29.2 Å². The quantitative estimate of drug-likeness (QED) is 0.686. The lowest BCUT2D eigenvalue weighted by atomic mass is 10.1. The lowest BCUT2D eigenvalue weighted by molar-refractivity contribution is -0.710. The lowest BCUT2D eigenvalue weighted by Crippen LogP contribution is -2.92. The number of nitrogens with zero attached hydrogens (tertiary/aromatic N) is 1. The molecule has 2 atom stereocenters. The van der Waals surface area contributed by atoms with Crippen LogP contribution >= 0.6 is 0 Å². The molecule has 0 aliphatic rings. The number of quaternary nitrogens is 1. The first-order chi connectivity index (χ1) is 11.6. The van der Waals surface area contributed by atoms with Gasteiger partial charge in [-0.05, 0) is 39.8 Å². The maximum Gasteiger partial charge on any atom is 0.278 e. The summed E-state index contributed by atoms with van der Waals surface area (Å²) in [6, 6.07) is 6.89. The second kappa shape index (κ2) is 9.31. The van der Waals surface area contributed by atoms with E-state index in [0.29, 0.717) is 18.0 Å². The number of nitrogens with two attached hydrogens (primary N) is 1. The van der Waals surface area contributed by atoms with Gasteiger partial charge in [-0.1, -0.05) is 26.0 Å². The molecule has 0 aliphatic heterocycles. The summed E-state index contributed by atoms with van der Waals surface area (Å²) in [6.45, 7) is 12.3. The van der Waals surface area contributed by atoms with Crippen molar-refractivity contribution in [2.24, 2.45) is 0 Å². The third-order valence-corrected chi connectivity index (χ3v) is 6.24. The van der Waals surface area contributed by atoms with E-state index in [-0.39, 0.29) is 24.0 Å². The molecule has 142 valence electrons. The second-order valence-corrected chi connectivity index (χ2v) is 8.53. The molecule has 0 aromatic heterocycles. The SMILES string of the molecule is CCN(CC)S(=O)(=O)c1ccc([C@H](C)[NH2+][C@@H](C)C(=O)NC(C)C)cc1. The fourth-order valence-corrected chi connectivity index (χ4v) is 4.16. The predicted octanol–water partition coefficient (Wildman–Crippen LogP) is 1.25. The summed E-state index contributed by atoms with van der Waals surface area (Å²) in [4.78, 5) is 12.3. The van der Waals surface area contributed by atoms with E-state index in [2.05, 4.69) is 5.32 Å². The molecule has 1 rings (SSSR count). The summed E-state index contributed by atoms with van der Waals surface area (Å²) in [7, 11) is -3.43. The van der Waals surface area contributed by atoms with Gasteiger partial charge in [-0.15, -0.1) is 0 Å². The van der Waals surface area contributed by atoms with Gasteiger partial charge in [0.2, 0.25) is 10.0 Å². The molecule has 1 aromatic rings. The number of sulfonamides is 1. The van der Waals surface area contributed by atoms with Gasteiger partial charge in [-0.25, -0.2) is 8.42 Å². The Hall–Kier alpha value is -1.44. The Bertz CT molecular complexity index is 653. The van der Waals surface area contributed by atoms with E-state index in [9.17, 15) is 13.2 Å². The summed E-state index contributed by atoms with van der Waals surface area (Å²) in [5.41, 5.74) is 0.989. The lowest BCUT2D eigenvalue weighted by Gasteiger charge is -2.20. The molecule has 0 aliphatic carbocycles. The van der Waals surface area contributed by atoms with Crippen molar-refractivity contribution >= 4 is 15.9 Å². The van der Waals surface area contributed by atoms with Gasteiger partial charge in [0, 0.05) is 24.7 Å². The molecule has 0 heterocycles. The van der Waals surface area contributed by atoms with Crippen LogP contribution in [0.1, 0.15) is 53.1 Å². The summed E-state index contributed by atoms with van der Waals surface area (Å²) in [5.74, 6) is 0.00239. The van der Waals surface area contributed by atoms with E-state index in [0.717, 1.165) is 5.56 Å².